The predicted octanol–water partition coefficient (Wildman–Crippen LogP) is 8.53. The summed E-state index contributed by atoms with van der Waals surface area (Å²) < 4.78 is 2.47. The molecule has 4 heteroatoms. The van der Waals surface area contributed by atoms with Crippen LogP contribution >= 0.6 is 23.5 Å². The van der Waals surface area contributed by atoms with Crippen molar-refractivity contribution < 1.29 is 0 Å². The molecule has 2 nitrogen and oxygen atoms in total. The van der Waals surface area contributed by atoms with Crippen LogP contribution in [0, 0.1) is 0 Å². The third kappa shape index (κ3) is 3.68. The normalized spacial score (nSPS) is 18.1. The second kappa shape index (κ2) is 9.22. The summed E-state index contributed by atoms with van der Waals surface area (Å²) in [5.41, 5.74) is 8.21. The molecule has 5 aromatic rings. The van der Waals surface area contributed by atoms with Gasteiger partial charge >= 0.3 is 0 Å². The molecule has 2 aliphatic rings. The molecule has 0 unspecified atom stereocenters. The molecule has 0 saturated carbocycles. The zero-order valence-corrected chi connectivity index (χ0v) is 21.6. The number of hydrogen-bond acceptors (Lipinski definition) is 3. The lowest BCUT2D eigenvalue weighted by molar-refractivity contribution is 0.622. The Morgan fingerprint density at radius 1 is 0.629 bits per heavy atom. The molecule has 2 saturated heterocycles. The maximum Gasteiger partial charge on any atom is 0.145 e. The SMILES string of the molecule is c1cc(C2CCSCC2)c(-c2cnc3c4ccccc4c4ccccc4n23)c(C2CCSCC2)c1. The Morgan fingerprint density at radius 3 is 1.86 bits per heavy atom. The van der Waals surface area contributed by atoms with Crippen LogP contribution in [0.5, 0.6) is 0 Å². The van der Waals surface area contributed by atoms with E-state index >= 15 is 0 Å². The quantitative estimate of drug-likeness (QED) is 0.234. The average molecular weight is 495 g/mol. The Balaban J connectivity index is 1.56. The van der Waals surface area contributed by atoms with Crippen molar-refractivity contribution in [2.24, 2.45) is 0 Å². The maximum absolute atomic E-state index is 5.10. The first kappa shape index (κ1) is 21.8. The fourth-order valence-corrected chi connectivity index (χ4v) is 8.57. The van der Waals surface area contributed by atoms with Gasteiger partial charge in [-0.25, -0.2) is 4.98 Å². The molecule has 0 aliphatic carbocycles. The summed E-state index contributed by atoms with van der Waals surface area (Å²) >= 11 is 4.23. The lowest BCUT2D eigenvalue weighted by Crippen LogP contribution is -2.14. The third-order valence-electron chi connectivity index (χ3n) is 8.07. The van der Waals surface area contributed by atoms with E-state index < -0.39 is 0 Å². The van der Waals surface area contributed by atoms with E-state index in [1.807, 2.05) is 0 Å². The minimum Gasteiger partial charge on any atom is -0.292 e. The number of fused-ring (bicyclic) bond motifs is 6. The van der Waals surface area contributed by atoms with Gasteiger partial charge in [0.25, 0.3) is 0 Å². The van der Waals surface area contributed by atoms with Crippen molar-refractivity contribution in [2.45, 2.75) is 37.5 Å². The second-order valence-corrected chi connectivity index (χ2v) is 12.4. The number of hydrogen-bond donors (Lipinski definition) is 0. The van der Waals surface area contributed by atoms with Crippen LogP contribution in [-0.2, 0) is 0 Å². The molecule has 2 aliphatic heterocycles. The van der Waals surface area contributed by atoms with E-state index in [1.165, 1.54) is 81.6 Å². The van der Waals surface area contributed by atoms with Crippen molar-refractivity contribution in [2.75, 3.05) is 23.0 Å². The first-order chi connectivity index (χ1) is 17.4. The molecule has 0 N–H and O–H groups in total. The minimum absolute atomic E-state index is 0.640. The Bertz CT molecular complexity index is 1490. The highest BCUT2D eigenvalue weighted by atomic mass is 32.2. The zero-order valence-electron chi connectivity index (χ0n) is 20.0. The second-order valence-electron chi connectivity index (χ2n) is 9.95. The first-order valence-corrected chi connectivity index (χ1v) is 15.3. The summed E-state index contributed by atoms with van der Waals surface area (Å²) in [5.74, 6) is 6.37. The van der Waals surface area contributed by atoms with Gasteiger partial charge in [-0.15, -0.1) is 0 Å². The maximum atomic E-state index is 5.10. The van der Waals surface area contributed by atoms with E-state index in [9.17, 15) is 0 Å². The number of nitrogens with zero attached hydrogens (tertiary/aromatic N) is 2. The number of pyridine rings is 1. The fraction of sp³-hybridized carbons (Fsp3) is 0.323. The van der Waals surface area contributed by atoms with Gasteiger partial charge in [-0.1, -0.05) is 60.7 Å². The van der Waals surface area contributed by atoms with E-state index in [0.717, 1.165) is 5.65 Å². The van der Waals surface area contributed by atoms with Crippen LogP contribution in [0.25, 0.3) is 38.6 Å². The molecule has 7 rings (SSSR count). The molecule has 2 aromatic heterocycles. The van der Waals surface area contributed by atoms with Crippen LogP contribution in [-0.4, -0.2) is 32.4 Å². The van der Waals surface area contributed by atoms with Crippen LogP contribution in [0.15, 0.2) is 72.9 Å². The van der Waals surface area contributed by atoms with Crippen molar-refractivity contribution in [3.8, 4) is 11.3 Å². The number of rotatable bonds is 3. The minimum atomic E-state index is 0.640. The number of aromatic nitrogens is 2. The summed E-state index contributed by atoms with van der Waals surface area (Å²) in [5, 5.41) is 3.83. The highest BCUT2D eigenvalue weighted by Crippen LogP contribution is 2.45. The fourth-order valence-electron chi connectivity index (χ4n) is 6.35. The van der Waals surface area contributed by atoms with Crippen molar-refractivity contribution >= 4 is 50.8 Å². The molecule has 2 fully saturated rings. The highest BCUT2D eigenvalue weighted by molar-refractivity contribution is 7.99. The average Bonchev–Trinajstić information content (AvgIpc) is 3.39. The largest absolute Gasteiger partial charge is 0.292 e. The number of para-hydroxylation sites is 1. The van der Waals surface area contributed by atoms with E-state index in [4.69, 9.17) is 4.98 Å². The summed E-state index contributed by atoms with van der Waals surface area (Å²) in [6.07, 6.45) is 7.29. The van der Waals surface area contributed by atoms with Crippen molar-refractivity contribution in [1.29, 1.82) is 0 Å². The number of benzene rings is 3. The van der Waals surface area contributed by atoms with E-state index in [0.29, 0.717) is 11.8 Å². The summed E-state index contributed by atoms with van der Waals surface area (Å²) in [7, 11) is 0. The van der Waals surface area contributed by atoms with Gasteiger partial charge in [0.2, 0.25) is 0 Å². The van der Waals surface area contributed by atoms with Gasteiger partial charge in [-0.3, -0.25) is 4.40 Å². The lowest BCUT2D eigenvalue weighted by atomic mass is 9.81. The van der Waals surface area contributed by atoms with Crippen LogP contribution in [0.3, 0.4) is 0 Å². The highest BCUT2D eigenvalue weighted by Gasteiger charge is 2.27. The Kier molecular flexibility index (Phi) is 5.75. The zero-order chi connectivity index (χ0) is 23.2. The predicted molar refractivity (Wildman–Crippen MR) is 154 cm³/mol. The molecule has 0 atom stereocenters. The number of imidazole rings is 1. The smallest absolute Gasteiger partial charge is 0.145 e. The van der Waals surface area contributed by atoms with Gasteiger partial charge in [0.1, 0.15) is 5.65 Å². The molecule has 176 valence electrons. The van der Waals surface area contributed by atoms with Crippen molar-refractivity contribution in [1.82, 2.24) is 9.38 Å². The third-order valence-corrected chi connectivity index (χ3v) is 10.2. The lowest BCUT2D eigenvalue weighted by Gasteiger charge is -2.29. The molecular formula is C31H30N2S2. The topological polar surface area (TPSA) is 17.3 Å². The molecule has 35 heavy (non-hydrogen) atoms. The Morgan fingerprint density at radius 2 is 1.20 bits per heavy atom. The number of thioether (sulfide) groups is 2. The van der Waals surface area contributed by atoms with Crippen LogP contribution in [0.1, 0.15) is 48.6 Å². The van der Waals surface area contributed by atoms with Crippen LogP contribution < -0.4 is 0 Å². The van der Waals surface area contributed by atoms with Crippen LogP contribution in [0.4, 0.5) is 0 Å². The summed E-state index contributed by atoms with van der Waals surface area (Å²) in [6, 6.07) is 24.8. The Hall–Kier alpha value is -2.43. The van der Waals surface area contributed by atoms with Crippen molar-refractivity contribution in [3.63, 3.8) is 0 Å². The monoisotopic (exact) mass is 494 g/mol. The molecular weight excluding hydrogens is 464 g/mol. The molecule has 0 spiro atoms. The van der Waals surface area contributed by atoms with Gasteiger partial charge in [-0.05, 0) is 83.1 Å². The van der Waals surface area contributed by atoms with Gasteiger partial charge < -0.3 is 0 Å². The van der Waals surface area contributed by atoms with E-state index in [-0.39, 0.29) is 0 Å². The molecule has 0 radical (unpaired) electrons. The van der Waals surface area contributed by atoms with E-state index in [2.05, 4.69) is 101 Å². The van der Waals surface area contributed by atoms with Gasteiger partial charge in [0, 0.05) is 16.3 Å². The molecule has 4 heterocycles. The van der Waals surface area contributed by atoms with Gasteiger partial charge in [0.05, 0.1) is 17.4 Å². The van der Waals surface area contributed by atoms with Gasteiger partial charge in [0.15, 0.2) is 0 Å². The summed E-state index contributed by atoms with van der Waals surface area (Å²) in [6.45, 7) is 0. The molecule has 0 amide bonds. The van der Waals surface area contributed by atoms with Crippen LogP contribution in [0.2, 0.25) is 0 Å². The Labute approximate surface area is 215 Å². The standard InChI is InChI=1S/C31H30N2S2/c1-2-8-27-25(6-1)26-7-3-4-11-28(26)33-29(20-32-31(27)33)30-23(21-12-16-34-17-13-21)9-5-10-24(30)22-14-18-35-19-15-22/h1-11,20-22H,12-19H2. The van der Waals surface area contributed by atoms with E-state index in [1.54, 1.807) is 11.1 Å². The molecule has 0 bridgehead atoms. The molecule has 3 aromatic carbocycles. The van der Waals surface area contributed by atoms with Crippen molar-refractivity contribution in [3.05, 3.63) is 84.1 Å². The summed E-state index contributed by atoms with van der Waals surface area (Å²) in [4.78, 5) is 5.10. The van der Waals surface area contributed by atoms with Gasteiger partial charge in [-0.2, -0.15) is 23.5 Å². The first-order valence-electron chi connectivity index (χ1n) is 13.0.